The second-order valence-electron chi connectivity index (χ2n) is 6.82. The van der Waals surface area contributed by atoms with Crippen molar-refractivity contribution in [2.24, 2.45) is 11.8 Å². The SMILES string of the molecule is C=C[C@H]1C[C@@H](C2CCCCC2)O[C@@H](c2ccccc2)[C@H]1[N+](=O)[O-]. The normalized spacial score (nSPS) is 32.3. The summed E-state index contributed by atoms with van der Waals surface area (Å²) >= 11 is 0. The van der Waals surface area contributed by atoms with E-state index in [2.05, 4.69) is 6.58 Å². The van der Waals surface area contributed by atoms with E-state index in [-0.39, 0.29) is 16.9 Å². The number of hydrogen-bond donors (Lipinski definition) is 0. The largest absolute Gasteiger partial charge is 0.363 e. The minimum absolute atomic E-state index is 0.111. The molecule has 2 fully saturated rings. The van der Waals surface area contributed by atoms with Crippen molar-refractivity contribution < 1.29 is 9.66 Å². The molecule has 0 radical (unpaired) electrons. The van der Waals surface area contributed by atoms with Gasteiger partial charge in [-0.15, -0.1) is 6.58 Å². The van der Waals surface area contributed by atoms with Crippen LogP contribution < -0.4 is 0 Å². The maximum Gasteiger partial charge on any atom is 0.249 e. The Hall–Kier alpha value is -1.68. The molecule has 124 valence electrons. The average molecular weight is 315 g/mol. The van der Waals surface area contributed by atoms with Gasteiger partial charge in [-0.1, -0.05) is 55.7 Å². The van der Waals surface area contributed by atoms with Crippen molar-refractivity contribution >= 4 is 0 Å². The van der Waals surface area contributed by atoms with Gasteiger partial charge in [-0.25, -0.2) is 0 Å². The first-order valence-corrected chi connectivity index (χ1v) is 8.67. The molecule has 3 rings (SSSR count). The fraction of sp³-hybridized carbons (Fsp3) is 0.579. The summed E-state index contributed by atoms with van der Waals surface area (Å²) in [5.41, 5.74) is 0.904. The second-order valence-corrected chi connectivity index (χ2v) is 6.82. The highest BCUT2D eigenvalue weighted by molar-refractivity contribution is 5.20. The van der Waals surface area contributed by atoms with Crippen LogP contribution in [0.15, 0.2) is 43.0 Å². The highest BCUT2D eigenvalue weighted by Crippen LogP contribution is 2.42. The lowest BCUT2D eigenvalue weighted by Crippen LogP contribution is -2.46. The van der Waals surface area contributed by atoms with Crippen molar-refractivity contribution in [3.63, 3.8) is 0 Å². The number of ether oxygens (including phenoxy) is 1. The molecule has 1 saturated heterocycles. The van der Waals surface area contributed by atoms with Gasteiger partial charge in [0.2, 0.25) is 6.04 Å². The van der Waals surface area contributed by atoms with Crippen LogP contribution in [0.1, 0.15) is 50.2 Å². The number of benzene rings is 1. The van der Waals surface area contributed by atoms with E-state index in [0.29, 0.717) is 5.92 Å². The molecule has 1 aliphatic heterocycles. The molecule has 1 heterocycles. The molecule has 4 nitrogen and oxygen atoms in total. The van der Waals surface area contributed by atoms with Gasteiger partial charge >= 0.3 is 0 Å². The summed E-state index contributed by atoms with van der Waals surface area (Å²) in [6, 6.07) is 8.90. The summed E-state index contributed by atoms with van der Waals surface area (Å²) in [6.07, 6.45) is 8.28. The summed E-state index contributed by atoms with van der Waals surface area (Å²) in [7, 11) is 0. The molecule has 0 unspecified atom stereocenters. The second kappa shape index (κ2) is 7.26. The quantitative estimate of drug-likeness (QED) is 0.465. The molecule has 4 atom stereocenters. The lowest BCUT2D eigenvalue weighted by Gasteiger charge is -2.41. The van der Waals surface area contributed by atoms with Gasteiger partial charge < -0.3 is 4.74 Å². The van der Waals surface area contributed by atoms with Gasteiger partial charge in [-0.05, 0) is 30.7 Å². The van der Waals surface area contributed by atoms with E-state index in [0.717, 1.165) is 12.0 Å². The van der Waals surface area contributed by atoms with Gasteiger partial charge in [-0.2, -0.15) is 0 Å². The van der Waals surface area contributed by atoms with E-state index in [1.807, 2.05) is 30.3 Å². The smallest absolute Gasteiger partial charge is 0.249 e. The zero-order chi connectivity index (χ0) is 16.2. The number of nitro groups is 1. The van der Waals surface area contributed by atoms with Gasteiger partial charge in [-0.3, -0.25) is 10.1 Å². The average Bonchev–Trinajstić information content (AvgIpc) is 2.62. The van der Waals surface area contributed by atoms with Crippen LogP contribution >= 0.6 is 0 Å². The molecule has 0 bridgehead atoms. The van der Waals surface area contributed by atoms with Gasteiger partial charge in [0.15, 0.2) is 6.10 Å². The van der Waals surface area contributed by atoms with Crippen molar-refractivity contribution in [1.82, 2.24) is 0 Å². The predicted octanol–water partition coefficient (Wildman–Crippen LogP) is 4.54. The summed E-state index contributed by atoms with van der Waals surface area (Å²) in [5, 5.41) is 11.7. The van der Waals surface area contributed by atoms with Crippen LogP contribution in [0.2, 0.25) is 0 Å². The minimum Gasteiger partial charge on any atom is -0.363 e. The van der Waals surface area contributed by atoms with E-state index in [1.165, 1.54) is 32.1 Å². The molecule has 23 heavy (non-hydrogen) atoms. The fourth-order valence-corrected chi connectivity index (χ4v) is 4.19. The van der Waals surface area contributed by atoms with E-state index in [4.69, 9.17) is 4.74 Å². The highest BCUT2D eigenvalue weighted by Gasteiger charge is 2.47. The lowest BCUT2D eigenvalue weighted by atomic mass is 9.77. The number of nitrogens with zero attached hydrogens (tertiary/aromatic N) is 1. The predicted molar refractivity (Wildman–Crippen MR) is 89.7 cm³/mol. The monoisotopic (exact) mass is 315 g/mol. The molecule has 4 heteroatoms. The molecule has 1 aliphatic carbocycles. The molecule has 0 N–H and O–H groups in total. The van der Waals surface area contributed by atoms with E-state index < -0.39 is 12.1 Å². The standard InChI is InChI=1S/C19H25NO3/c1-2-14-13-17(15-9-5-3-6-10-15)23-19(18(14)20(21)22)16-11-7-4-8-12-16/h2,4,7-8,11-12,14-15,17-19H,1,3,5-6,9-10,13H2/t14-,17-,18-,19-/m0/s1. The Kier molecular flexibility index (Phi) is 5.11. The fourth-order valence-electron chi connectivity index (χ4n) is 4.19. The van der Waals surface area contributed by atoms with Crippen LogP contribution in [0.4, 0.5) is 0 Å². The number of hydrogen-bond acceptors (Lipinski definition) is 3. The van der Waals surface area contributed by atoms with Gasteiger partial charge in [0.1, 0.15) is 0 Å². The first-order valence-electron chi connectivity index (χ1n) is 8.67. The molecule has 0 amide bonds. The summed E-state index contributed by atoms with van der Waals surface area (Å²) < 4.78 is 6.33. The first kappa shape index (κ1) is 16.2. The maximum atomic E-state index is 11.7. The Morgan fingerprint density at radius 1 is 1.17 bits per heavy atom. The van der Waals surface area contributed by atoms with Gasteiger partial charge in [0.25, 0.3) is 0 Å². The Morgan fingerprint density at radius 2 is 1.87 bits per heavy atom. The van der Waals surface area contributed by atoms with Crippen molar-refractivity contribution in [2.45, 2.75) is 56.8 Å². The molecule has 0 spiro atoms. The first-order chi connectivity index (χ1) is 11.2. The zero-order valence-electron chi connectivity index (χ0n) is 13.5. The van der Waals surface area contributed by atoms with Crippen molar-refractivity contribution in [3.05, 3.63) is 58.7 Å². The molecule has 2 aliphatic rings. The van der Waals surface area contributed by atoms with E-state index in [9.17, 15) is 10.1 Å². The molecular weight excluding hydrogens is 290 g/mol. The summed E-state index contributed by atoms with van der Waals surface area (Å²) in [4.78, 5) is 11.5. The summed E-state index contributed by atoms with van der Waals surface area (Å²) in [6.45, 7) is 3.86. The minimum atomic E-state index is -0.741. The van der Waals surface area contributed by atoms with E-state index >= 15 is 0 Å². The number of rotatable bonds is 4. The molecule has 1 aromatic rings. The highest BCUT2D eigenvalue weighted by atomic mass is 16.6. The Bertz CT molecular complexity index is 539. The zero-order valence-corrected chi connectivity index (χ0v) is 13.5. The summed E-state index contributed by atoms with van der Waals surface area (Å²) in [5.74, 6) is 0.404. The van der Waals surface area contributed by atoms with Crippen LogP contribution in [-0.4, -0.2) is 17.1 Å². The van der Waals surface area contributed by atoms with Crippen molar-refractivity contribution in [2.75, 3.05) is 0 Å². The van der Waals surface area contributed by atoms with Crippen LogP contribution in [0.5, 0.6) is 0 Å². The Morgan fingerprint density at radius 3 is 2.48 bits per heavy atom. The molecular formula is C19H25NO3. The molecule has 1 aromatic carbocycles. The van der Waals surface area contributed by atoms with Crippen molar-refractivity contribution in [3.8, 4) is 0 Å². The Labute approximate surface area is 137 Å². The topological polar surface area (TPSA) is 52.4 Å². The third-order valence-electron chi connectivity index (χ3n) is 5.42. The third kappa shape index (κ3) is 3.47. The maximum absolute atomic E-state index is 11.7. The van der Waals surface area contributed by atoms with Crippen LogP contribution in [0, 0.1) is 22.0 Å². The van der Waals surface area contributed by atoms with Crippen LogP contribution in [0.25, 0.3) is 0 Å². The van der Waals surface area contributed by atoms with Crippen molar-refractivity contribution in [1.29, 1.82) is 0 Å². The Balaban J connectivity index is 1.88. The third-order valence-corrected chi connectivity index (χ3v) is 5.42. The van der Waals surface area contributed by atoms with Gasteiger partial charge in [0.05, 0.1) is 6.10 Å². The van der Waals surface area contributed by atoms with E-state index in [1.54, 1.807) is 6.08 Å². The van der Waals surface area contributed by atoms with Gasteiger partial charge in [0, 0.05) is 10.8 Å². The van der Waals surface area contributed by atoms with Crippen LogP contribution in [0.3, 0.4) is 0 Å². The molecule has 1 saturated carbocycles. The lowest BCUT2D eigenvalue weighted by molar-refractivity contribution is -0.552. The van der Waals surface area contributed by atoms with Crippen LogP contribution in [-0.2, 0) is 4.74 Å². The molecule has 0 aromatic heterocycles.